The van der Waals surface area contributed by atoms with Gasteiger partial charge in [0.05, 0.1) is 6.10 Å². The van der Waals surface area contributed by atoms with Crippen LogP contribution >= 0.6 is 0 Å². The van der Waals surface area contributed by atoms with Crippen molar-refractivity contribution in [3.63, 3.8) is 0 Å². The first-order valence-corrected chi connectivity index (χ1v) is 9.74. The molecule has 1 aliphatic rings. The van der Waals surface area contributed by atoms with E-state index in [-0.39, 0.29) is 31.5 Å². The quantitative estimate of drug-likeness (QED) is 0.518. The SMILES string of the molecule is O=C(NCCC(O)C(O)c1ccc(C(=O)NC2CC2)cc1)OCc1ccccc1. The van der Waals surface area contributed by atoms with Crippen LogP contribution in [0.2, 0.25) is 0 Å². The summed E-state index contributed by atoms with van der Waals surface area (Å²) < 4.78 is 5.09. The highest BCUT2D eigenvalue weighted by atomic mass is 16.5. The van der Waals surface area contributed by atoms with Gasteiger partial charge in [-0.3, -0.25) is 4.79 Å². The highest BCUT2D eigenvalue weighted by Crippen LogP contribution is 2.21. The molecule has 2 atom stereocenters. The number of benzene rings is 2. The van der Waals surface area contributed by atoms with Gasteiger partial charge < -0.3 is 25.6 Å². The van der Waals surface area contributed by atoms with E-state index in [0.29, 0.717) is 11.1 Å². The highest BCUT2D eigenvalue weighted by molar-refractivity contribution is 5.94. The molecule has 0 saturated heterocycles. The number of aliphatic hydroxyl groups excluding tert-OH is 2. The summed E-state index contributed by atoms with van der Waals surface area (Å²) in [7, 11) is 0. The average Bonchev–Trinajstić information content (AvgIpc) is 3.56. The molecule has 2 amide bonds. The van der Waals surface area contributed by atoms with Gasteiger partial charge in [-0.1, -0.05) is 42.5 Å². The molecule has 0 aromatic heterocycles. The van der Waals surface area contributed by atoms with Gasteiger partial charge in [0, 0.05) is 18.2 Å². The molecule has 2 aromatic carbocycles. The summed E-state index contributed by atoms with van der Waals surface area (Å²) in [5.74, 6) is -0.132. The van der Waals surface area contributed by atoms with E-state index in [9.17, 15) is 19.8 Å². The predicted octanol–water partition coefficient (Wildman–Crippen LogP) is 2.29. The Hall–Kier alpha value is -2.90. The second-order valence-corrected chi connectivity index (χ2v) is 7.16. The van der Waals surface area contributed by atoms with E-state index >= 15 is 0 Å². The molecule has 1 saturated carbocycles. The molecular formula is C22H26N2O5. The lowest BCUT2D eigenvalue weighted by Crippen LogP contribution is -2.29. The normalized spacial score (nSPS) is 15.2. The fourth-order valence-corrected chi connectivity index (χ4v) is 2.80. The van der Waals surface area contributed by atoms with Crippen LogP contribution in [0, 0.1) is 0 Å². The van der Waals surface area contributed by atoms with Crippen molar-refractivity contribution in [2.24, 2.45) is 0 Å². The summed E-state index contributed by atoms with van der Waals surface area (Å²) in [4.78, 5) is 23.7. The standard InChI is InChI=1S/C22H26N2O5/c25-19(12-13-23-22(28)29-14-15-4-2-1-3-5-15)20(26)16-6-8-17(9-7-16)21(27)24-18-10-11-18/h1-9,18-20,25-26H,10-14H2,(H,23,28)(H,24,27). The number of alkyl carbamates (subject to hydrolysis) is 1. The molecular weight excluding hydrogens is 372 g/mol. The minimum absolute atomic E-state index is 0.132. The van der Waals surface area contributed by atoms with Crippen LogP contribution in [0.1, 0.15) is 46.9 Å². The van der Waals surface area contributed by atoms with E-state index in [1.54, 1.807) is 24.3 Å². The third kappa shape index (κ3) is 6.58. The summed E-state index contributed by atoms with van der Waals surface area (Å²) in [5, 5.41) is 25.9. The first-order valence-electron chi connectivity index (χ1n) is 9.74. The van der Waals surface area contributed by atoms with E-state index in [0.717, 1.165) is 18.4 Å². The number of amides is 2. The van der Waals surface area contributed by atoms with Gasteiger partial charge >= 0.3 is 6.09 Å². The van der Waals surface area contributed by atoms with Gasteiger partial charge in [-0.25, -0.2) is 4.79 Å². The van der Waals surface area contributed by atoms with E-state index in [1.807, 2.05) is 30.3 Å². The molecule has 1 aliphatic carbocycles. The van der Waals surface area contributed by atoms with Crippen LogP contribution in [0.4, 0.5) is 4.79 Å². The smallest absolute Gasteiger partial charge is 0.407 e. The van der Waals surface area contributed by atoms with Gasteiger partial charge in [0.1, 0.15) is 12.7 Å². The Bertz CT molecular complexity index is 806. The van der Waals surface area contributed by atoms with Gasteiger partial charge in [-0.05, 0) is 42.5 Å². The van der Waals surface area contributed by atoms with Crippen LogP contribution in [0.25, 0.3) is 0 Å². The third-order valence-electron chi connectivity index (χ3n) is 4.71. The van der Waals surface area contributed by atoms with Gasteiger partial charge in [0.25, 0.3) is 5.91 Å². The maximum atomic E-state index is 12.0. The van der Waals surface area contributed by atoms with Crippen molar-refractivity contribution < 1.29 is 24.5 Å². The number of hydrogen-bond donors (Lipinski definition) is 4. The van der Waals surface area contributed by atoms with Crippen molar-refractivity contribution in [1.82, 2.24) is 10.6 Å². The minimum atomic E-state index is -1.11. The van der Waals surface area contributed by atoms with Crippen LogP contribution in [-0.2, 0) is 11.3 Å². The molecule has 4 N–H and O–H groups in total. The molecule has 154 valence electrons. The summed E-state index contributed by atoms with van der Waals surface area (Å²) in [5.41, 5.74) is 1.91. The molecule has 0 radical (unpaired) electrons. The summed E-state index contributed by atoms with van der Waals surface area (Å²) in [6.45, 7) is 0.326. The molecule has 0 aliphatic heterocycles. The first-order chi connectivity index (χ1) is 14.0. The molecule has 7 nitrogen and oxygen atoms in total. The van der Waals surface area contributed by atoms with Crippen molar-refractivity contribution in [2.45, 2.75) is 44.1 Å². The Morgan fingerprint density at radius 1 is 1.03 bits per heavy atom. The molecule has 29 heavy (non-hydrogen) atoms. The number of carbonyl (C=O) groups excluding carboxylic acids is 2. The van der Waals surface area contributed by atoms with Gasteiger partial charge in [0.15, 0.2) is 0 Å². The Balaban J connectivity index is 1.38. The monoisotopic (exact) mass is 398 g/mol. The van der Waals surface area contributed by atoms with Gasteiger partial charge in [0.2, 0.25) is 0 Å². The fourth-order valence-electron chi connectivity index (χ4n) is 2.80. The van der Waals surface area contributed by atoms with Crippen molar-refractivity contribution in [1.29, 1.82) is 0 Å². The number of nitrogens with one attached hydrogen (secondary N) is 2. The van der Waals surface area contributed by atoms with Crippen molar-refractivity contribution in [3.8, 4) is 0 Å². The Morgan fingerprint density at radius 2 is 1.72 bits per heavy atom. The molecule has 2 unspecified atom stereocenters. The zero-order valence-electron chi connectivity index (χ0n) is 16.1. The van der Waals surface area contributed by atoms with Gasteiger partial charge in [-0.15, -0.1) is 0 Å². The van der Waals surface area contributed by atoms with Crippen LogP contribution in [0.5, 0.6) is 0 Å². The maximum absolute atomic E-state index is 12.0. The highest BCUT2D eigenvalue weighted by Gasteiger charge is 2.24. The van der Waals surface area contributed by atoms with Crippen molar-refractivity contribution in [3.05, 3.63) is 71.3 Å². The van der Waals surface area contributed by atoms with E-state index < -0.39 is 18.3 Å². The average molecular weight is 398 g/mol. The van der Waals surface area contributed by atoms with Crippen LogP contribution in [0.15, 0.2) is 54.6 Å². The zero-order valence-corrected chi connectivity index (χ0v) is 16.1. The number of aliphatic hydroxyl groups is 2. The van der Waals surface area contributed by atoms with Crippen molar-refractivity contribution >= 4 is 12.0 Å². The molecule has 0 bridgehead atoms. The van der Waals surface area contributed by atoms with E-state index in [1.165, 1.54) is 0 Å². The third-order valence-corrected chi connectivity index (χ3v) is 4.71. The van der Waals surface area contributed by atoms with Gasteiger partial charge in [-0.2, -0.15) is 0 Å². The minimum Gasteiger partial charge on any atom is -0.445 e. The largest absolute Gasteiger partial charge is 0.445 e. The van der Waals surface area contributed by atoms with E-state index in [2.05, 4.69) is 10.6 Å². The Morgan fingerprint density at radius 3 is 2.38 bits per heavy atom. The molecule has 0 spiro atoms. The van der Waals surface area contributed by atoms with E-state index in [4.69, 9.17) is 4.74 Å². The van der Waals surface area contributed by atoms with Crippen LogP contribution in [0.3, 0.4) is 0 Å². The molecule has 0 heterocycles. The Labute approximate surface area is 169 Å². The van der Waals surface area contributed by atoms with Crippen LogP contribution in [-0.4, -0.2) is 40.9 Å². The second kappa shape index (κ2) is 10.0. The lowest BCUT2D eigenvalue weighted by Gasteiger charge is -2.18. The van der Waals surface area contributed by atoms with Crippen LogP contribution < -0.4 is 10.6 Å². The topological polar surface area (TPSA) is 108 Å². The number of rotatable bonds is 9. The molecule has 3 rings (SSSR count). The number of hydrogen-bond acceptors (Lipinski definition) is 5. The predicted molar refractivity (Wildman–Crippen MR) is 107 cm³/mol. The number of carbonyl (C=O) groups is 2. The lowest BCUT2D eigenvalue weighted by atomic mass is 10.0. The first kappa shape index (κ1) is 20.8. The summed E-state index contributed by atoms with van der Waals surface area (Å²) >= 11 is 0. The molecule has 1 fully saturated rings. The summed E-state index contributed by atoms with van der Waals surface area (Å²) in [6, 6.07) is 16.1. The van der Waals surface area contributed by atoms with Crippen molar-refractivity contribution in [2.75, 3.05) is 6.54 Å². The summed E-state index contributed by atoms with van der Waals surface area (Å²) in [6.07, 6.45) is -0.564. The maximum Gasteiger partial charge on any atom is 0.407 e. The fraction of sp³-hybridized carbons (Fsp3) is 0.364. The second-order valence-electron chi connectivity index (χ2n) is 7.16. The molecule has 2 aromatic rings. The number of ether oxygens (including phenoxy) is 1. The Kier molecular flexibility index (Phi) is 7.21. The molecule has 7 heteroatoms. The lowest BCUT2D eigenvalue weighted by molar-refractivity contribution is 0.0136. The zero-order chi connectivity index (χ0) is 20.6.